The zero-order valence-electron chi connectivity index (χ0n) is 20.0. The fraction of sp³-hybridized carbons (Fsp3) is 0.296. The number of Topliss-reactive ketones (excluding diaryl/α,β-unsaturated/α-hetero) is 1. The molecule has 4 rings (SSSR count). The van der Waals surface area contributed by atoms with Crippen LogP contribution in [0.2, 0.25) is 0 Å². The summed E-state index contributed by atoms with van der Waals surface area (Å²) in [6.07, 6.45) is 5.31. The van der Waals surface area contributed by atoms with Crippen LogP contribution in [0.15, 0.2) is 60.9 Å². The Balaban J connectivity index is 0.000000968. The van der Waals surface area contributed by atoms with E-state index in [1.165, 1.54) is 6.42 Å². The summed E-state index contributed by atoms with van der Waals surface area (Å²) in [4.78, 5) is 24.7. The highest BCUT2D eigenvalue weighted by Crippen LogP contribution is 2.34. The minimum atomic E-state index is -0.117. The molecule has 2 aromatic heterocycles. The molecule has 0 bridgehead atoms. The Kier molecular flexibility index (Phi) is 8.19. The van der Waals surface area contributed by atoms with Crippen molar-refractivity contribution < 1.29 is 9.53 Å². The van der Waals surface area contributed by atoms with Crippen molar-refractivity contribution in [3.63, 3.8) is 0 Å². The average molecular weight is 445 g/mol. The van der Waals surface area contributed by atoms with E-state index in [0.717, 1.165) is 22.9 Å². The lowest BCUT2D eigenvalue weighted by Crippen LogP contribution is -2.12. The van der Waals surface area contributed by atoms with Crippen LogP contribution in [0.3, 0.4) is 0 Å². The second kappa shape index (κ2) is 11.3. The SMILES string of the molecule is CCC.CCC(C)C(=O)c1cnc(Nc2ncc(C)[nH]2)cc1Oc1cccc2ccccc12. The number of carbonyl (C=O) groups is 1. The molecule has 1 atom stereocenters. The molecule has 33 heavy (non-hydrogen) atoms. The van der Waals surface area contributed by atoms with E-state index in [0.29, 0.717) is 28.8 Å². The van der Waals surface area contributed by atoms with Gasteiger partial charge < -0.3 is 15.0 Å². The van der Waals surface area contributed by atoms with Crippen LogP contribution >= 0.6 is 0 Å². The lowest BCUT2D eigenvalue weighted by molar-refractivity contribution is 0.0924. The van der Waals surface area contributed by atoms with E-state index in [1.807, 2.05) is 63.2 Å². The summed E-state index contributed by atoms with van der Waals surface area (Å²) in [5.74, 6) is 2.18. The number of pyridine rings is 1. The molecule has 1 unspecified atom stereocenters. The van der Waals surface area contributed by atoms with Gasteiger partial charge in [0.05, 0.1) is 5.56 Å². The number of aryl methyl sites for hydroxylation is 1. The fourth-order valence-corrected chi connectivity index (χ4v) is 3.23. The third kappa shape index (κ3) is 5.98. The number of aromatic amines is 1. The molecule has 0 saturated heterocycles. The zero-order chi connectivity index (χ0) is 23.8. The van der Waals surface area contributed by atoms with Crippen molar-refractivity contribution in [2.24, 2.45) is 5.92 Å². The van der Waals surface area contributed by atoms with Crippen molar-refractivity contribution in [2.45, 2.75) is 47.5 Å². The first-order valence-corrected chi connectivity index (χ1v) is 11.4. The van der Waals surface area contributed by atoms with Gasteiger partial charge in [-0.1, -0.05) is 70.5 Å². The Morgan fingerprint density at radius 3 is 2.45 bits per heavy atom. The Hall–Kier alpha value is -3.67. The van der Waals surface area contributed by atoms with Crippen LogP contribution in [-0.4, -0.2) is 20.7 Å². The molecule has 0 radical (unpaired) electrons. The van der Waals surface area contributed by atoms with Gasteiger partial charge in [-0.25, -0.2) is 9.97 Å². The molecule has 0 aliphatic heterocycles. The molecule has 172 valence electrons. The Morgan fingerprint density at radius 2 is 1.76 bits per heavy atom. The molecular formula is C27H32N4O2. The number of hydrogen-bond donors (Lipinski definition) is 2. The highest BCUT2D eigenvalue weighted by Gasteiger charge is 2.20. The van der Waals surface area contributed by atoms with Crippen molar-refractivity contribution >= 4 is 28.3 Å². The molecule has 0 spiro atoms. The lowest BCUT2D eigenvalue weighted by Gasteiger charge is -2.15. The van der Waals surface area contributed by atoms with Crippen LogP contribution in [0.25, 0.3) is 10.8 Å². The number of fused-ring (bicyclic) bond motifs is 1. The van der Waals surface area contributed by atoms with Crippen molar-refractivity contribution in [3.8, 4) is 11.5 Å². The first kappa shape index (κ1) is 24.0. The molecule has 6 heteroatoms. The minimum absolute atomic E-state index is 0.0145. The van der Waals surface area contributed by atoms with Gasteiger partial charge in [0.2, 0.25) is 5.95 Å². The normalized spacial score (nSPS) is 11.4. The van der Waals surface area contributed by atoms with Gasteiger partial charge >= 0.3 is 0 Å². The maximum atomic E-state index is 13.0. The largest absolute Gasteiger partial charge is 0.456 e. The van der Waals surface area contributed by atoms with Crippen molar-refractivity contribution in [3.05, 3.63) is 72.2 Å². The third-order valence-electron chi connectivity index (χ3n) is 5.11. The molecule has 0 fully saturated rings. The van der Waals surface area contributed by atoms with E-state index >= 15 is 0 Å². The first-order valence-electron chi connectivity index (χ1n) is 11.4. The molecule has 2 N–H and O–H groups in total. The van der Waals surface area contributed by atoms with E-state index in [9.17, 15) is 4.79 Å². The van der Waals surface area contributed by atoms with Crippen LogP contribution in [0.4, 0.5) is 11.8 Å². The van der Waals surface area contributed by atoms with E-state index in [1.54, 1.807) is 18.5 Å². The number of anilines is 2. The van der Waals surface area contributed by atoms with Crippen LogP contribution in [0.5, 0.6) is 11.5 Å². The standard InChI is InChI=1S/C24H24N4O2.C3H8/c1-4-15(2)23(29)19-14-25-22(28-24-26-13-16(3)27-24)12-21(19)30-20-11-7-9-17-8-5-6-10-18(17)20;1-3-2/h5-15H,4H2,1-3H3,(H2,25,26,27,28);3H2,1-2H3. The Bertz CT molecular complexity index is 1210. The second-order valence-electron chi connectivity index (χ2n) is 8.07. The highest BCUT2D eigenvalue weighted by atomic mass is 16.5. The van der Waals surface area contributed by atoms with Gasteiger partial charge in [0, 0.05) is 35.5 Å². The third-order valence-corrected chi connectivity index (χ3v) is 5.11. The zero-order valence-corrected chi connectivity index (χ0v) is 20.0. The topological polar surface area (TPSA) is 79.9 Å². The number of nitrogens with one attached hydrogen (secondary N) is 2. The summed E-state index contributed by atoms with van der Waals surface area (Å²) in [5, 5.41) is 5.18. The molecule has 2 heterocycles. The van der Waals surface area contributed by atoms with Gasteiger partial charge in [0.15, 0.2) is 5.78 Å². The maximum Gasteiger partial charge on any atom is 0.205 e. The van der Waals surface area contributed by atoms with Gasteiger partial charge in [-0.15, -0.1) is 0 Å². The molecule has 0 saturated carbocycles. The van der Waals surface area contributed by atoms with Crippen LogP contribution < -0.4 is 10.1 Å². The summed E-state index contributed by atoms with van der Waals surface area (Å²) in [5.41, 5.74) is 1.41. The smallest absolute Gasteiger partial charge is 0.205 e. The number of nitrogens with zero attached hydrogens (tertiary/aromatic N) is 2. The average Bonchev–Trinajstić information content (AvgIpc) is 3.23. The molecular weight excluding hydrogens is 412 g/mol. The van der Waals surface area contributed by atoms with Crippen LogP contribution in [-0.2, 0) is 0 Å². The van der Waals surface area contributed by atoms with Crippen LogP contribution in [0.1, 0.15) is 56.6 Å². The summed E-state index contributed by atoms with van der Waals surface area (Å²) in [6, 6.07) is 15.6. The molecule has 2 aromatic carbocycles. The summed E-state index contributed by atoms with van der Waals surface area (Å²) in [6.45, 7) is 10.1. The van der Waals surface area contributed by atoms with E-state index in [2.05, 4.69) is 34.1 Å². The summed E-state index contributed by atoms with van der Waals surface area (Å²) in [7, 11) is 0. The van der Waals surface area contributed by atoms with E-state index in [4.69, 9.17) is 4.74 Å². The molecule has 0 aliphatic carbocycles. The number of rotatable bonds is 7. The number of imidazole rings is 1. The first-order chi connectivity index (χ1) is 16.0. The monoisotopic (exact) mass is 444 g/mol. The summed E-state index contributed by atoms with van der Waals surface area (Å²) >= 11 is 0. The number of carbonyl (C=O) groups excluding carboxylic acids is 1. The number of ketones is 1. The quantitative estimate of drug-likeness (QED) is 0.289. The number of H-pyrrole nitrogens is 1. The Morgan fingerprint density at radius 1 is 1.03 bits per heavy atom. The predicted molar refractivity (Wildman–Crippen MR) is 135 cm³/mol. The fourth-order valence-electron chi connectivity index (χ4n) is 3.23. The van der Waals surface area contributed by atoms with Gasteiger partial charge in [-0.05, 0) is 24.8 Å². The van der Waals surface area contributed by atoms with E-state index in [-0.39, 0.29) is 11.7 Å². The van der Waals surface area contributed by atoms with Crippen molar-refractivity contribution in [2.75, 3.05) is 5.32 Å². The van der Waals surface area contributed by atoms with Gasteiger partial charge in [0.1, 0.15) is 17.3 Å². The number of aromatic nitrogens is 3. The Labute approximate surface area is 195 Å². The maximum absolute atomic E-state index is 13.0. The minimum Gasteiger partial charge on any atom is -0.456 e. The molecule has 0 aliphatic rings. The van der Waals surface area contributed by atoms with Crippen molar-refractivity contribution in [1.29, 1.82) is 0 Å². The molecule has 0 amide bonds. The predicted octanol–water partition coefficient (Wildman–Crippen LogP) is 7.45. The van der Waals surface area contributed by atoms with Crippen LogP contribution in [0, 0.1) is 12.8 Å². The second-order valence-corrected chi connectivity index (χ2v) is 8.07. The molecule has 4 aromatic rings. The molecule has 6 nitrogen and oxygen atoms in total. The number of ether oxygens (including phenoxy) is 1. The van der Waals surface area contributed by atoms with E-state index < -0.39 is 0 Å². The van der Waals surface area contributed by atoms with Gasteiger partial charge in [-0.2, -0.15) is 0 Å². The van der Waals surface area contributed by atoms with Gasteiger partial charge in [0.25, 0.3) is 0 Å². The lowest BCUT2D eigenvalue weighted by atomic mass is 9.97. The van der Waals surface area contributed by atoms with Crippen molar-refractivity contribution in [1.82, 2.24) is 15.0 Å². The summed E-state index contributed by atoms with van der Waals surface area (Å²) < 4.78 is 6.29. The number of benzene rings is 2. The highest BCUT2D eigenvalue weighted by molar-refractivity contribution is 6.00. The van der Waals surface area contributed by atoms with Gasteiger partial charge in [-0.3, -0.25) is 4.79 Å². The number of hydrogen-bond acceptors (Lipinski definition) is 5.